The highest BCUT2D eigenvalue weighted by Crippen LogP contribution is 2.30. The second kappa shape index (κ2) is 12.4. The molecule has 204 valence electrons. The number of amides is 2. The van der Waals surface area contributed by atoms with Gasteiger partial charge >= 0.3 is 22.3 Å². The molecule has 1 fully saturated rings. The summed E-state index contributed by atoms with van der Waals surface area (Å²) in [7, 11) is -2.71. The van der Waals surface area contributed by atoms with Crippen molar-refractivity contribution in [2.75, 3.05) is 51.5 Å². The summed E-state index contributed by atoms with van der Waals surface area (Å²) in [6.07, 6.45) is -0.631. The third-order valence-electron chi connectivity index (χ3n) is 5.52. The number of nitrogens with zero attached hydrogens (tertiary/aromatic N) is 3. The van der Waals surface area contributed by atoms with Crippen LogP contribution in [0.4, 0.5) is 20.9 Å². The lowest BCUT2D eigenvalue weighted by Gasteiger charge is -2.19. The maximum absolute atomic E-state index is 13.8. The van der Waals surface area contributed by atoms with Crippen LogP contribution in [-0.2, 0) is 24.4 Å². The lowest BCUT2D eigenvalue weighted by atomic mass is 10.1. The van der Waals surface area contributed by atoms with Gasteiger partial charge in [-0.15, -0.1) is 0 Å². The van der Waals surface area contributed by atoms with Gasteiger partial charge in [-0.05, 0) is 43.5 Å². The highest BCUT2D eigenvalue weighted by molar-refractivity contribution is 7.87. The highest BCUT2D eigenvalue weighted by atomic mass is 32.2. The molecule has 15 heteroatoms. The summed E-state index contributed by atoms with van der Waals surface area (Å²) in [6.45, 7) is 4.24. The molecule has 2 aromatic rings. The molecule has 3 rings (SSSR count). The molecule has 2 amide bonds. The normalized spacial score (nSPS) is 16.8. The van der Waals surface area contributed by atoms with E-state index in [0.717, 1.165) is 16.6 Å². The van der Waals surface area contributed by atoms with Crippen molar-refractivity contribution in [1.82, 2.24) is 14.0 Å². The van der Waals surface area contributed by atoms with E-state index in [4.69, 9.17) is 18.6 Å². The maximum atomic E-state index is 13.8. The average Bonchev–Trinajstić information content (AvgIpc) is 3.18. The molecular formula is C22H29FN4O9S. The number of oxazole rings is 1. The van der Waals surface area contributed by atoms with E-state index >= 15 is 0 Å². The van der Waals surface area contributed by atoms with Gasteiger partial charge in [0.2, 0.25) is 0 Å². The Balaban J connectivity index is 1.68. The Morgan fingerprint density at radius 2 is 2.03 bits per heavy atom. The van der Waals surface area contributed by atoms with Gasteiger partial charge in [0, 0.05) is 20.2 Å². The molecule has 0 saturated carbocycles. The van der Waals surface area contributed by atoms with Crippen LogP contribution >= 0.6 is 0 Å². The predicted octanol–water partition coefficient (Wildman–Crippen LogP) is 1.98. The minimum Gasteiger partial charge on any atom is -0.464 e. The molecule has 13 nitrogen and oxygen atoms in total. The van der Waals surface area contributed by atoms with Crippen molar-refractivity contribution in [3.05, 3.63) is 41.0 Å². The van der Waals surface area contributed by atoms with Gasteiger partial charge in [-0.25, -0.2) is 13.9 Å². The first-order chi connectivity index (χ1) is 17.5. The number of hydrogen-bond donors (Lipinski definition) is 2. The Morgan fingerprint density at radius 1 is 1.27 bits per heavy atom. The maximum Gasteiger partial charge on any atom is 0.420 e. The van der Waals surface area contributed by atoms with E-state index in [1.807, 2.05) is 4.72 Å². The number of carboxylic acid groups (broad SMARTS) is 1. The smallest absolute Gasteiger partial charge is 0.420 e. The van der Waals surface area contributed by atoms with Crippen LogP contribution in [0.1, 0.15) is 28.0 Å². The van der Waals surface area contributed by atoms with E-state index < -0.39 is 39.7 Å². The SMILES string of the molecule is COCCOC[C@@H]1CCN(S(=O)(=O)NC(=O)c2coc(N(C(=O)O)c3cc(C)c(F)cc3C)n2)CCO1. The number of nitrogens with one attached hydrogen (secondary N) is 1. The van der Waals surface area contributed by atoms with Crippen molar-refractivity contribution in [3.63, 3.8) is 0 Å². The van der Waals surface area contributed by atoms with E-state index in [1.165, 1.54) is 19.9 Å². The fraction of sp³-hybridized carbons (Fsp3) is 0.500. The van der Waals surface area contributed by atoms with Crippen LogP contribution in [0.3, 0.4) is 0 Å². The average molecular weight is 545 g/mol. The van der Waals surface area contributed by atoms with Gasteiger partial charge in [-0.1, -0.05) is 0 Å². The minimum atomic E-state index is -4.26. The van der Waals surface area contributed by atoms with Crippen molar-refractivity contribution in [1.29, 1.82) is 0 Å². The Hall–Kier alpha value is -3.11. The fourth-order valence-electron chi connectivity index (χ4n) is 3.53. The summed E-state index contributed by atoms with van der Waals surface area (Å²) in [5.41, 5.74) is 0.0747. The second-order valence-electron chi connectivity index (χ2n) is 8.21. The van der Waals surface area contributed by atoms with Gasteiger partial charge in [0.15, 0.2) is 5.69 Å². The monoisotopic (exact) mass is 544 g/mol. The van der Waals surface area contributed by atoms with Gasteiger partial charge in [0.05, 0.1) is 38.2 Å². The van der Waals surface area contributed by atoms with Crippen molar-refractivity contribution < 1.29 is 46.1 Å². The second-order valence-corrected chi connectivity index (χ2v) is 9.88. The fourth-order valence-corrected chi connectivity index (χ4v) is 4.66. The Kier molecular flexibility index (Phi) is 9.56. The van der Waals surface area contributed by atoms with Gasteiger partial charge < -0.3 is 23.7 Å². The highest BCUT2D eigenvalue weighted by Gasteiger charge is 2.31. The van der Waals surface area contributed by atoms with E-state index in [0.29, 0.717) is 24.5 Å². The molecule has 1 aliphatic heterocycles. The molecule has 0 spiro atoms. The van der Waals surface area contributed by atoms with E-state index in [-0.39, 0.29) is 49.2 Å². The first kappa shape index (κ1) is 28.5. The summed E-state index contributed by atoms with van der Waals surface area (Å²) in [4.78, 5) is 29.1. The third-order valence-corrected chi connectivity index (χ3v) is 7.01. The number of anilines is 2. The molecule has 37 heavy (non-hydrogen) atoms. The topological polar surface area (TPSA) is 161 Å². The zero-order valence-corrected chi connectivity index (χ0v) is 21.4. The number of methoxy groups -OCH3 is 1. The molecule has 1 saturated heterocycles. The lowest BCUT2D eigenvalue weighted by molar-refractivity contribution is -0.0218. The van der Waals surface area contributed by atoms with Crippen LogP contribution in [0.15, 0.2) is 22.8 Å². The summed E-state index contributed by atoms with van der Waals surface area (Å²) < 4.78 is 63.5. The zero-order valence-electron chi connectivity index (χ0n) is 20.6. The molecule has 2 N–H and O–H groups in total. The van der Waals surface area contributed by atoms with Crippen LogP contribution in [0, 0.1) is 19.7 Å². The van der Waals surface area contributed by atoms with Crippen molar-refractivity contribution in [3.8, 4) is 0 Å². The number of aryl methyl sites for hydroxylation is 2. The molecule has 0 radical (unpaired) electrons. The van der Waals surface area contributed by atoms with Crippen molar-refractivity contribution in [2.45, 2.75) is 26.4 Å². The molecule has 0 aliphatic carbocycles. The summed E-state index contributed by atoms with van der Waals surface area (Å²) in [5, 5.41) is 9.70. The quantitative estimate of drug-likeness (QED) is 0.423. The van der Waals surface area contributed by atoms with Crippen LogP contribution in [-0.4, -0.2) is 87.5 Å². The van der Waals surface area contributed by atoms with E-state index in [2.05, 4.69) is 4.98 Å². The van der Waals surface area contributed by atoms with E-state index in [9.17, 15) is 27.5 Å². The number of aromatic nitrogens is 1. The molecule has 1 aliphatic rings. The number of hydrogen-bond acceptors (Lipinski definition) is 9. The van der Waals surface area contributed by atoms with Crippen molar-refractivity contribution in [2.24, 2.45) is 0 Å². The van der Waals surface area contributed by atoms with Gasteiger partial charge in [0.1, 0.15) is 12.1 Å². The van der Waals surface area contributed by atoms with Crippen molar-refractivity contribution >= 4 is 33.9 Å². The Bertz CT molecular complexity index is 1220. The zero-order chi connectivity index (χ0) is 27.2. The lowest BCUT2D eigenvalue weighted by Crippen LogP contribution is -2.44. The van der Waals surface area contributed by atoms with Crippen LogP contribution < -0.4 is 9.62 Å². The number of rotatable bonds is 10. The first-order valence-electron chi connectivity index (χ1n) is 11.3. The number of ether oxygens (including phenoxy) is 3. The van der Waals surface area contributed by atoms with Gasteiger partial charge in [-0.2, -0.15) is 22.6 Å². The first-order valence-corrected chi connectivity index (χ1v) is 12.7. The Labute approximate surface area is 213 Å². The number of halogens is 1. The Morgan fingerprint density at radius 3 is 2.73 bits per heavy atom. The molecule has 0 unspecified atom stereocenters. The van der Waals surface area contributed by atoms with Gasteiger partial charge in [-0.3, -0.25) is 4.79 Å². The third kappa shape index (κ3) is 7.23. The molecule has 1 atom stereocenters. The summed E-state index contributed by atoms with van der Waals surface area (Å²) >= 11 is 0. The predicted molar refractivity (Wildman–Crippen MR) is 128 cm³/mol. The standard InChI is InChI=1S/C22H29FN4O9S/c1-14-11-19(15(2)10-17(14)23)27(22(29)30)21-24-18(13-36-21)20(28)25-37(31,32)26-5-4-16(35-7-6-26)12-34-9-8-33-3/h10-11,13,16H,4-9,12H2,1-3H3,(H,25,28)(H,29,30)/t16-/m0/s1. The largest absolute Gasteiger partial charge is 0.464 e. The number of benzene rings is 1. The number of carbonyl (C=O) groups is 2. The number of carbonyl (C=O) groups excluding carboxylic acids is 1. The van der Waals surface area contributed by atoms with Gasteiger partial charge in [0.25, 0.3) is 5.91 Å². The molecule has 1 aromatic carbocycles. The van der Waals surface area contributed by atoms with E-state index in [1.54, 1.807) is 7.11 Å². The molecular weight excluding hydrogens is 515 g/mol. The molecule has 2 heterocycles. The molecule has 1 aromatic heterocycles. The van der Waals surface area contributed by atoms with Crippen LogP contribution in [0.2, 0.25) is 0 Å². The van der Waals surface area contributed by atoms with Crippen LogP contribution in [0.5, 0.6) is 0 Å². The minimum absolute atomic E-state index is 0.0111. The summed E-state index contributed by atoms with van der Waals surface area (Å²) in [5.74, 6) is -1.63. The summed E-state index contributed by atoms with van der Waals surface area (Å²) in [6, 6.07) is 1.94. The molecule has 0 bridgehead atoms. The van der Waals surface area contributed by atoms with Crippen LogP contribution in [0.25, 0.3) is 0 Å².